The van der Waals surface area contributed by atoms with Gasteiger partial charge in [-0.1, -0.05) is 0 Å². The van der Waals surface area contributed by atoms with Crippen LogP contribution in [-0.4, -0.2) is 26.9 Å². The van der Waals surface area contributed by atoms with Gasteiger partial charge in [0.1, 0.15) is 6.23 Å². The number of hydrogen-bond donors (Lipinski definition) is 4. The van der Waals surface area contributed by atoms with Gasteiger partial charge in [-0.05, 0) is 11.4 Å². The molecule has 0 aliphatic carbocycles. The van der Waals surface area contributed by atoms with E-state index in [0.717, 1.165) is 0 Å². The summed E-state index contributed by atoms with van der Waals surface area (Å²) in [6.45, 7) is -4.04. The van der Waals surface area contributed by atoms with E-state index in [1.54, 1.807) is 0 Å². The second kappa shape index (κ2) is 3.55. The third-order valence-electron chi connectivity index (χ3n) is 0.413. The molecule has 5 nitrogen and oxygen atoms in total. The quantitative estimate of drug-likeness (QED) is 0.325. The second-order valence-corrected chi connectivity index (χ2v) is 5.13. The zero-order valence-electron chi connectivity index (χ0n) is 4.47. The Morgan fingerprint density at radius 2 is 2.11 bits per heavy atom. The van der Waals surface area contributed by atoms with Crippen LogP contribution in [0.15, 0.2) is 0 Å². The van der Waals surface area contributed by atoms with E-state index >= 15 is 0 Å². The number of aliphatic hydroxyl groups is 1. The van der Waals surface area contributed by atoms with Crippen molar-refractivity contribution in [1.82, 2.24) is 0 Å². The summed E-state index contributed by atoms with van der Waals surface area (Å²) < 4.78 is 10.0. The van der Waals surface area contributed by atoms with Crippen LogP contribution < -0.4 is 5.73 Å². The molecule has 0 aliphatic heterocycles. The standard InChI is InChI=1S/C2H8NO4PS/c3-2(4)1-9-8(5,6)7/h2,4H,1,3H2,(H2,5,6,7). The SMILES string of the molecule is NC(O)CSP(=O)(O)O. The van der Waals surface area contributed by atoms with Crippen LogP contribution >= 0.6 is 18.2 Å². The molecule has 0 amide bonds. The lowest BCUT2D eigenvalue weighted by molar-refractivity contribution is 0.208. The summed E-state index contributed by atoms with van der Waals surface area (Å²) >= 11 is 0.333. The van der Waals surface area contributed by atoms with E-state index in [0.29, 0.717) is 11.4 Å². The largest absolute Gasteiger partial charge is 0.384 e. The summed E-state index contributed by atoms with van der Waals surface area (Å²) in [5, 5.41) is 8.33. The van der Waals surface area contributed by atoms with Crippen molar-refractivity contribution in [1.29, 1.82) is 0 Å². The van der Waals surface area contributed by atoms with E-state index in [1.165, 1.54) is 0 Å². The Morgan fingerprint density at radius 3 is 2.22 bits per heavy atom. The minimum absolute atomic E-state index is 0.149. The smallest absolute Gasteiger partial charge is 0.378 e. The van der Waals surface area contributed by atoms with Gasteiger partial charge in [-0.2, -0.15) is 0 Å². The summed E-state index contributed by atoms with van der Waals surface area (Å²) in [5.74, 6) is -0.149. The first-order valence-electron chi connectivity index (χ1n) is 2.05. The molecule has 0 aromatic rings. The van der Waals surface area contributed by atoms with Crippen molar-refractivity contribution < 1.29 is 19.5 Å². The van der Waals surface area contributed by atoms with E-state index in [4.69, 9.17) is 20.6 Å². The third-order valence-corrected chi connectivity index (χ3v) is 2.70. The van der Waals surface area contributed by atoms with Crippen LogP contribution in [0.4, 0.5) is 0 Å². The molecule has 0 spiro atoms. The van der Waals surface area contributed by atoms with Gasteiger partial charge in [-0.3, -0.25) is 0 Å². The lowest BCUT2D eigenvalue weighted by Gasteiger charge is -2.03. The first kappa shape index (κ1) is 9.42. The highest BCUT2D eigenvalue weighted by Crippen LogP contribution is 2.49. The number of aliphatic hydroxyl groups excluding tert-OH is 1. The van der Waals surface area contributed by atoms with Gasteiger partial charge >= 0.3 is 6.80 Å². The molecule has 0 heterocycles. The topological polar surface area (TPSA) is 104 Å². The molecule has 1 atom stereocenters. The van der Waals surface area contributed by atoms with Gasteiger partial charge in [0.25, 0.3) is 0 Å². The molecule has 0 radical (unpaired) electrons. The molecule has 9 heavy (non-hydrogen) atoms. The highest BCUT2D eigenvalue weighted by Gasteiger charge is 2.14. The van der Waals surface area contributed by atoms with Crippen molar-refractivity contribution in [3.05, 3.63) is 0 Å². The minimum Gasteiger partial charge on any atom is -0.378 e. The van der Waals surface area contributed by atoms with E-state index in [9.17, 15) is 4.57 Å². The molecule has 5 N–H and O–H groups in total. The lowest BCUT2D eigenvalue weighted by Crippen LogP contribution is -2.21. The average molecular weight is 173 g/mol. The molecule has 0 aromatic heterocycles. The van der Waals surface area contributed by atoms with Crippen molar-refractivity contribution in [3.63, 3.8) is 0 Å². The van der Waals surface area contributed by atoms with Gasteiger partial charge in [0.2, 0.25) is 0 Å². The maximum absolute atomic E-state index is 10.0. The van der Waals surface area contributed by atoms with Gasteiger partial charge in [-0.15, -0.1) is 0 Å². The number of rotatable bonds is 3. The maximum Gasteiger partial charge on any atom is 0.384 e. The van der Waals surface area contributed by atoms with Crippen LogP contribution in [0.3, 0.4) is 0 Å². The Labute approximate surface area is 56.2 Å². The fraction of sp³-hybridized carbons (Fsp3) is 1.00. The predicted octanol–water partition coefficient (Wildman–Crippen LogP) is -0.911. The van der Waals surface area contributed by atoms with Crippen LogP contribution in [0.25, 0.3) is 0 Å². The molecule has 0 fully saturated rings. The van der Waals surface area contributed by atoms with E-state index in [1.807, 2.05) is 0 Å². The molecule has 0 bridgehead atoms. The van der Waals surface area contributed by atoms with Gasteiger partial charge in [0.15, 0.2) is 0 Å². The zero-order chi connectivity index (χ0) is 7.49. The molecule has 0 aromatic carbocycles. The van der Waals surface area contributed by atoms with Crippen molar-refractivity contribution in [3.8, 4) is 0 Å². The van der Waals surface area contributed by atoms with Crippen LogP contribution in [0, 0.1) is 0 Å². The third kappa shape index (κ3) is 8.42. The fourth-order valence-corrected chi connectivity index (χ4v) is 1.56. The Kier molecular flexibility index (Phi) is 3.72. The molecule has 0 rings (SSSR count). The summed E-state index contributed by atoms with van der Waals surface area (Å²) in [7, 11) is 0. The number of nitrogens with two attached hydrogens (primary N) is 1. The first-order chi connectivity index (χ1) is 3.92. The van der Waals surface area contributed by atoms with Gasteiger partial charge in [0.05, 0.1) is 0 Å². The van der Waals surface area contributed by atoms with E-state index in [2.05, 4.69) is 0 Å². The summed E-state index contributed by atoms with van der Waals surface area (Å²) in [4.78, 5) is 16.3. The molecule has 1 unspecified atom stereocenters. The normalized spacial score (nSPS) is 15.6. The second-order valence-electron chi connectivity index (χ2n) is 1.35. The maximum atomic E-state index is 10.0. The van der Waals surface area contributed by atoms with E-state index in [-0.39, 0.29) is 5.75 Å². The highest BCUT2D eigenvalue weighted by molar-refractivity contribution is 8.54. The van der Waals surface area contributed by atoms with Crippen LogP contribution in [-0.2, 0) is 4.57 Å². The fourth-order valence-electron chi connectivity index (χ4n) is 0.173. The van der Waals surface area contributed by atoms with Gasteiger partial charge in [-0.25, -0.2) is 4.57 Å². The molecular weight excluding hydrogens is 165 g/mol. The number of hydrogen-bond acceptors (Lipinski definition) is 4. The molecule has 0 saturated heterocycles. The Morgan fingerprint density at radius 1 is 1.67 bits per heavy atom. The summed E-state index contributed by atoms with van der Waals surface area (Å²) in [6.07, 6.45) is -1.16. The highest BCUT2D eigenvalue weighted by atomic mass is 32.7. The van der Waals surface area contributed by atoms with Crippen LogP contribution in [0.1, 0.15) is 0 Å². The molecule has 7 heteroatoms. The zero-order valence-corrected chi connectivity index (χ0v) is 6.18. The summed E-state index contributed by atoms with van der Waals surface area (Å²) in [5.41, 5.74) is 4.79. The van der Waals surface area contributed by atoms with Crippen molar-refractivity contribution in [2.45, 2.75) is 6.23 Å². The first-order valence-corrected chi connectivity index (χ1v) is 5.26. The summed E-state index contributed by atoms with van der Waals surface area (Å²) in [6, 6.07) is 0. The van der Waals surface area contributed by atoms with Crippen molar-refractivity contribution in [2.75, 3.05) is 5.75 Å². The lowest BCUT2D eigenvalue weighted by atomic mass is 10.7. The molecular formula is C2H8NO4PS. The minimum atomic E-state index is -4.04. The Balaban J connectivity index is 3.40. The van der Waals surface area contributed by atoms with Crippen LogP contribution in [0.2, 0.25) is 0 Å². The Hall–Kier alpha value is 0.420. The molecule has 0 saturated carbocycles. The van der Waals surface area contributed by atoms with Gasteiger partial charge < -0.3 is 20.6 Å². The monoisotopic (exact) mass is 173 g/mol. The van der Waals surface area contributed by atoms with Gasteiger partial charge in [0, 0.05) is 5.75 Å². The predicted molar refractivity (Wildman–Crippen MR) is 34.7 cm³/mol. The Bertz CT molecular complexity index is 122. The molecule has 56 valence electrons. The van der Waals surface area contributed by atoms with Crippen LogP contribution in [0.5, 0.6) is 0 Å². The van der Waals surface area contributed by atoms with E-state index < -0.39 is 13.0 Å². The molecule has 0 aliphatic rings. The average Bonchev–Trinajstić information content (AvgIpc) is 1.59. The van der Waals surface area contributed by atoms with Crippen molar-refractivity contribution >= 4 is 18.2 Å². The van der Waals surface area contributed by atoms with Crippen molar-refractivity contribution in [2.24, 2.45) is 5.73 Å².